The number of nitrogens with zero attached hydrogens (tertiary/aromatic N) is 2. The second-order valence-corrected chi connectivity index (χ2v) is 9.36. The monoisotopic (exact) mass is 475 g/mol. The molecule has 1 N–H and O–H groups in total. The van der Waals surface area contributed by atoms with Gasteiger partial charge < -0.3 is 10.1 Å². The van der Waals surface area contributed by atoms with Crippen LogP contribution >= 0.6 is 34.7 Å². The standard InChI is InChI=1S/C22H22ClN3O3S2/c1-5-29-21(28)17-13(3)14(4)31-20(17)26-19(27)18-16(23)10-24-22(25-18)30-11-15-8-6-7-12(2)9-15/h6-10H,5,11H2,1-4H3,(H,26,27). The SMILES string of the molecule is CCOC(=O)c1c(NC(=O)c2nc(SCc3cccc(C)c3)ncc2Cl)sc(C)c1C. The zero-order chi connectivity index (χ0) is 22.5. The van der Waals surface area contributed by atoms with E-state index in [-0.39, 0.29) is 17.3 Å². The van der Waals surface area contributed by atoms with Crippen molar-refractivity contribution in [1.29, 1.82) is 0 Å². The summed E-state index contributed by atoms with van der Waals surface area (Å²) < 4.78 is 5.14. The predicted molar refractivity (Wildman–Crippen MR) is 125 cm³/mol. The fraction of sp³-hybridized carbons (Fsp3) is 0.273. The summed E-state index contributed by atoms with van der Waals surface area (Å²) in [7, 11) is 0. The number of halogens is 1. The molecule has 31 heavy (non-hydrogen) atoms. The summed E-state index contributed by atoms with van der Waals surface area (Å²) in [5, 5.41) is 3.77. The van der Waals surface area contributed by atoms with Gasteiger partial charge in [-0.2, -0.15) is 0 Å². The van der Waals surface area contributed by atoms with Crippen molar-refractivity contribution in [3.8, 4) is 0 Å². The maximum Gasteiger partial charge on any atom is 0.341 e. The van der Waals surface area contributed by atoms with Gasteiger partial charge in [0.2, 0.25) is 0 Å². The van der Waals surface area contributed by atoms with E-state index in [1.54, 1.807) is 6.92 Å². The summed E-state index contributed by atoms with van der Waals surface area (Å²) in [5.41, 5.74) is 3.51. The quantitative estimate of drug-likeness (QED) is 0.262. The van der Waals surface area contributed by atoms with Crippen LogP contribution in [0.3, 0.4) is 0 Å². The Bertz CT molecular complexity index is 1130. The van der Waals surface area contributed by atoms with Crippen molar-refractivity contribution in [2.75, 3.05) is 11.9 Å². The van der Waals surface area contributed by atoms with E-state index in [0.29, 0.717) is 21.5 Å². The topological polar surface area (TPSA) is 81.2 Å². The van der Waals surface area contributed by atoms with Crippen LogP contribution in [0.4, 0.5) is 5.00 Å². The van der Waals surface area contributed by atoms with Gasteiger partial charge in [0.15, 0.2) is 10.9 Å². The van der Waals surface area contributed by atoms with Gasteiger partial charge in [-0.05, 0) is 38.8 Å². The van der Waals surface area contributed by atoms with Gasteiger partial charge in [-0.3, -0.25) is 4.79 Å². The van der Waals surface area contributed by atoms with Crippen LogP contribution in [0.25, 0.3) is 0 Å². The molecule has 3 aromatic rings. The van der Waals surface area contributed by atoms with E-state index in [2.05, 4.69) is 21.4 Å². The Kier molecular flexibility index (Phi) is 7.69. The number of carbonyl (C=O) groups is 2. The molecule has 0 aliphatic carbocycles. The minimum absolute atomic E-state index is 0.0573. The van der Waals surface area contributed by atoms with Crippen LogP contribution in [0.1, 0.15) is 49.3 Å². The molecule has 0 aliphatic heterocycles. The smallest absolute Gasteiger partial charge is 0.341 e. The average Bonchev–Trinajstić information content (AvgIpc) is 3.00. The molecule has 162 valence electrons. The van der Waals surface area contributed by atoms with Crippen molar-refractivity contribution in [2.24, 2.45) is 0 Å². The number of esters is 1. The molecule has 0 aliphatic rings. The van der Waals surface area contributed by atoms with Crippen molar-refractivity contribution in [2.45, 2.75) is 38.6 Å². The highest BCUT2D eigenvalue weighted by atomic mass is 35.5. The minimum atomic E-state index is -0.503. The molecule has 0 spiro atoms. The average molecular weight is 476 g/mol. The second-order valence-electron chi connectivity index (χ2n) is 6.79. The number of amides is 1. The van der Waals surface area contributed by atoms with E-state index >= 15 is 0 Å². The number of ether oxygens (including phenoxy) is 1. The van der Waals surface area contributed by atoms with Crippen LogP contribution in [0.5, 0.6) is 0 Å². The third-order valence-electron chi connectivity index (χ3n) is 4.48. The first-order valence-corrected chi connectivity index (χ1v) is 11.8. The van der Waals surface area contributed by atoms with Crippen LogP contribution in [0.2, 0.25) is 5.02 Å². The molecule has 0 bridgehead atoms. The molecule has 1 amide bonds. The summed E-state index contributed by atoms with van der Waals surface area (Å²) in [5.74, 6) is -0.305. The molecular formula is C22H22ClN3O3S2. The molecule has 0 fully saturated rings. The lowest BCUT2D eigenvalue weighted by atomic mass is 10.1. The van der Waals surface area contributed by atoms with Gasteiger partial charge in [0.25, 0.3) is 5.91 Å². The highest BCUT2D eigenvalue weighted by molar-refractivity contribution is 7.98. The molecular weight excluding hydrogens is 454 g/mol. The molecule has 0 radical (unpaired) electrons. The number of nitrogens with one attached hydrogen (secondary N) is 1. The first-order valence-electron chi connectivity index (χ1n) is 9.59. The molecule has 6 nitrogen and oxygen atoms in total. The highest BCUT2D eigenvalue weighted by Crippen LogP contribution is 2.33. The zero-order valence-electron chi connectivity index (χ0n) is 17.6. The van der Waals surface area contributed by atoms with Gasteiger partial charge in [-0.1, -0.05) is 53.2 Å². The third kappa shape index (κ3) is 5.64. The lowest BCUT2D eigenvalue weighted by Crippen LogP contribution is -2.17. The van der Waals surface area contributed by atoms with E-state index in [0.717, 1.165) is 16.0 Å². The number of thioether (sulfide) groups is 1. The second kappa shape index (κ2) is 10.3. The Labute approximate surface area is 194 Å². The van der Waals surface area contributed by atoms with E-state index in [1.165, 1.54) is 34.9 Å². The van der Waals surface area contributed by atoms with Crippen LogP contribution < -0.4 is 5.32 Å². The number of hydrogen-bond acceptors (Lipinski definition) is 7. The van der Waals surface area contributed by atoms with Gasteiger partial charge in [0.05, 0.1) is 23.4 Å². The van der Waals surface area contributed by atoms with Crippen molar-refractivity contribution < 1.29 is 14.3 Å². The number of thiophene rings is 1. The molecule has 9 heteroatoms. The van der Waals surface area contributed by atoms with E-state index in [4.69, 9.17) is 16.3 Å². The van der Waals surface area contributed by atoms with Gasteiger partial charge in [0, 0.05) is 10.6 Å². The molecule has 3 rings (SSSR count). The lowest BCUT2D eigenvalue weighted by molar-refractivity contribution is 0.0527. The van der Waals surface area contributed by atoms with Crippen LogP contribution in [0.15, 0.2) is 35.6 Å². The first kappa shape index (κ1) is 23.2. The maximum absolute atomic E-state index is 12.9. The van der Waals surface area contributed by atoms with Crippen LogP contribution in [0, 0.1) is 20.8 Å². The fourth-order valence-corrected chi connectivity index (χ4v) is 4.83. The van der Waals surface area contributed by atoms with Gasteiger partial charge >= 0.3 is 5.97 Å². The molecule has 0 saturated carbocycles. The van der Waals surface area contributed by atoms with Crippen LogP contribution in [-0.2, 0) is 10.5 Å². The van der Waals surface area contributed by atoms with Gasteiger partial charge in [0.1, 0.15) is 5.00 Å². The minimum Gasteiger partial charge on any atom is -0.462 e. The Hall–Kier alpha value is -2.42. The molecule has 0 unspecified atom stereocenters. The summed E-state index contributed by atoms with van der Waals surface area (Å²) in [6.07, 6.45) is 1.42. The number of carbonyl (C=O) groups excluding carboxylic acids is 2. The van der Waals surface area contributed by atoms with Crippen molar-refractivity contribution >= 4 is 51.6 Å². The zero-order valence-corrected chi connectivity index (χ0v) is 20.0. The summed E-state index contributed by atoms with van der Waals surface area (Å²) in [6, 6.07) is 8.16. The highest BCUT2D eigenvalue weighted by Gasteiger charge is 2.24. The largest absolute Gasteiger partial charge is 0.462 e. The van der Waals surface area contributed by atoms with Crippen molar-refractivity contribution in [1.82, 2.24) is 9.97 Å². The maximum atomic E-state index is 12.9. The number of aromatic nitrogens is 2. The molecule has 0 saturated heterocycles. The van der Waals surface area contributed by atoms with Gasteiger partial charge in [-0.25, -0.2) is 14.8 Å². The Morgan fingerprint density at radius 2 is 2.03 bits per heavy atom. The number of rotatable bonds is 7. The predicted octanol–water partition coefficient (Wildman–Crippen LogP) is 5.84. The first-order chi connectivity index (χ1) is 14.8. The number of aryl methyl sites for hydroxylation is 2. The molecule has 0 atom stereocenters. The normalized spacial score (nSPS) is 10.7. The summed E-state index contributed by atoms with van der Waals surface area (Å²) in [4.78, 5) is 34.8. The molecule has 2 heterocycles. The van der Waals surface area contributed by atoms with Crippen molar-refractivity contribution in [3.05, 3.63) is 68.3 Å². The van der Waals surface area contributed by atoms with E-state index in [9.17, 15) is 9.59 Å². The Morgan fingerprint density at radius 3 is 2.74 bits per heavy atom. The van der Waals surface area contributed by atoms with E-state index < -0.39 is 11.9 Å². The summed E-state index contributed by atoms with van der Waals surface area (Å²) >= 11 is 8.93. The molecule has 2 aromatic heterocycles. The Morgan fingerprint density at radius 1 is 1.26 bits per heavy atom. The summed E-state index contributed by atoms with van der Waals surface area (Å²) in [6.45, 7) is 7.73. The number of anilines is 1. The fourth-order valence-electron chi connectivity index (χ4n) is 2.86. The van der Waals surface area contributed by atoms with Gasteiger partial charge in [-0.15, -0.1) is 11.3 Å². The Balaban J connectivity index is 1.80. The van der Waals surface area contributed by atoms with E-state index in [1.807, 2.05) is 39.0 Å². The number of hydrogen-bond donors (Lipinski definition) is 1. The lowest BCUT2D eigenvalue weighted by Gasteiger charge is -2.09. The third-order valence-corrected chi connectivity index (χ3v) is 6.81. The molecule has 1 aromatic carbocycles. The van der Waals surface area contributed by atoms with Crippen molar-refractivity contribution in [3.63, 3.8) is 0 Å². The number of benzene rings is 1. The van der Waals surface area contributed by atoms with Crippen LogP contribution in [-0.4, -0.2) is 28.5 Å².